The molecule has 4 heteroatoms. The van der Waals surface area contributed by atoms with Crippen LogP contribution in [0.4, 0.5) is 0 Å². The van der Waals surface area contributed by atoms with Crippen LogP contribution >= 0.6 is 0 Å². The van der Waals surface area contributed by atoms with E-state index in [4.69, 9.17) is 14.0 Å². The summed E-state index contributed by atoms with van der Waals surface area (Å²) in [6.07, 6.45) is 2.55. The van der Waals surface area contributed by atoms with Gasteiger partial charge in [-0.1, -0.05) is 0 Å². The molecule has 0 spiro atoms. The third kappa shape index (κ3) is 3.75. The van der Waals surface area contributed by atoms with Crippen molar-refractivity contribution in [2.24, 2.45) is 0 Å². The minimum atomic E-state index is 0.284. The summed E-state index contributed by atoms with van der Waals surface area (Å²) in [6.45, 7) is 4.08. The van der Waals surface area contributed by atoms with Crippen molar-refractivity contribution in [2.45, 2.75) is 25.9 Å². The Balaban J connectivity index is 1.86. The zero-order valence-corrected chi connectivity index (χ0v) is 6.91. The zero-order chi connectivity index (χ0) is 7.94. The summed E-state index contributed by atoms with van der Waals surface area (Å²) in [5, 5.41) is 0. The van der Waals surface area contributed by atoms with Crippen LogP contribution < -0.4 is 0 Å². The molecule has 0 aromatic carbocycles. The fourth-order valence-electron chi connectivity index (χ4n) is 1.04. The molecule has 64 valence electrons. The van der Waals surface area contributed by atoms with E-state index in [2.05, 4.69) is 0 Å². The second kappa shape index (κ2) is 5.58. The highest BCUT2D eigenvalue weighted by Crippen LogP contribution is 2.11. The fraction of sp³-hybridized carbons (Fsp3) is 1.00. The summed E-state index contributed by atoms with van der Waals surface area (Å²) in [4.78, 5) is 0. The predicted octanol–water partition coefficient (Wildman–Crippen LogP) is 0.753. The maximum Gasteiger partial charge on any atom is 0.0766 e. The minimum Gasteiger partial charge on any atom is -0.626 e. The van der Waals surface area contributed by atoms with Crippen LogP contribution in [0, 0.1) is 0 Å². The van der Waals surface area contributed by atoms with Crippen LogP contribution in [0.25, 0.3) is 0 Å². The molecule has 1 aliphatic heterocycles. The van der Waals surface area contributed by atoms with Crippen molar-refractivity contribution in [3.8, 4) is 0 Å². The van der Waals surface area contributed by atoms with Crippen molar-refractivity contribution < 1.29 is 14.0 Å². The van der Waals surface area contributed by atoms with Gasteiger partial charge in [-0.15, -0.1) is 0 Å². The monoisotopic (exact) mass is 157 g/mol. The first-order chi connectivity index (χ1) is 5.43. The Bertz CT molecular complexity index is 93.7. The first-order valence-electron chi connectivity index (χ1n) is 4.10. The fourth-order valence-corrected chi connectivity index (χ4v) is 1.04. The van der Waals surface area contributed by atoms with Crippen molar-refractivity contribution in [1.82, 2.24) is 0 Å². The second-order valence-corrected chi connectivity index (χ2v) is 2.52. The smallest absolute Gasteiger partial charge is 0.0766 e. The van der Waals surface area contributed by atoms with Crippen LogP contribution in [0.5, 0.6) is 0 Å². The second-order valence-electron chi connectivity index (χ2n) is 2.52. The lowest BCUT2D eigenvalue weighted by atomic mass is 10.2. The third-order valence-electron chi connectivity index (χ3n) is 1.61. The van der Waals surface area contributed by atoms with Gasteiger partial charge in [-0.2, -0.15) is 0 Å². The van der Waals surface area contributed by atoms with Gasteiger partial charge < -0.3 is 14.0 Å². The highest BCUT2D eigenvalue weighted by molar-refractivity contribution is 6.17. The average Bonchev–Trinajstić information content (AvgIpc) is 2.50. The number of hydrogen-bond acceptors (Lipinski definition) is 3. The zero-order valence-electron chi connectivity index (χ0n) is 6.91. The van der Waals surface area contributed by atoms with E-state index < -0.39 is 0 Å². The van der Waals surface area contributed by atoms with Crippen molar-refractivity contribution in [2.75, 3.05) is 19.8 Å². The maximum absolute atomic E-state index is 5.33. The SMILES string of the molecule is CCO[B-]OCC1CCCO1. The summed E-state index contributed by atoms with van der Waals surface area (Å²) >= 11 is 0. The van der Waals surface area contributed by atoms with E-state index in [-0.39, 0.29) is 6.10 Å². The molecular formula is C7H14BO3-. The summed E-state index contributed by atoms with van der Waals surface area (Å²) in [7, 11) is 1.39. The van der Waals surface area contributed by atoms with Gasteiger partial charge in [-0.3, -0.25) is 0 Å². The van der Waals surface area contributed by atoms with E-state index in [0.717, 1.165) is 19.4 Å². The summed E-state index contributed by atoms with van der Waals surface area (Å²) in [5.41, 5.74) is 0. The molecule has 2 radical (unpaired) electrons. The van der Waals surface area contributed by atoms with Gasteiger partial charge in [0.15, 0.2) is 0 Å². The van der Waals surface area contributed by atoms with E-state index in [0.29, 0.717) is 13.2 Å². The van der Waals surface area contributed by atoms with Crippen molar-refractivity contribution in [1.29, 1.82) is 0 Å². The van der Waals surface area contributed by atoms with Crippen LogP contribution in [0.2, 0.25) is 0 Å². The Morgan fingerprint density at radius 1 is 1.55 bits per heavy atom. The van der Waals surface area contributed by atoms with Gasteiger partial charge >= 0.3 is 0 Å². The Labute approximate surface area is 68.3 Å². The van der Waals surface area contributed by atoms with Crippen molar-refractivity contribution >= 4 is 7.69 Å². The minimum absolute atomic E-state index is 0.284. The Morgan fingerprint density at radius 2 is 2.45 bits per heavy atom. The van der Waals surface area contributed by atoms with Crippen LogP contribution in [0.3, 0.4) is 0 Å². The number of hydrogen-bond donors (Lipinski definition) is 0. The Morgan fingerprint density at radius 3 is 3.09 bits per heavy atom. The van der Waals surface area contributed by atoms with E-state index in [1.807, 2.05) is 6.92 Å². The Hall–Kier alpha value is -0.0551. The molecule has 1 atom stereocenters. The lowest BCUT2D eigenvalue weighted by molar-refractivity contribution is 0.0609. The lowest BCUT2D eigenvalue weighted by Gasteiger charge is -2.21. The van der Waals surface area contributed by atoms with Gasteiger partial charge in [0.2, 0.25) is 0 Å². The highest BCUT2D eigenvalue weighted by atomic mass is 16.6. The van der Waals surface area contributed by atoms with Crippen LogP contribution in [0.1, 0.15) is 19.8 Å². The molecule has 3 nitrogen and oxygen atoms in total. The molecular weight excluding hydrogens is 143 g/mol. The van der Waals surface area contributed by atoms with Gasteiger partial charge in [0.05, 0.1) is 6.10 Å². The van der Waals surface area contributed by atoms with Gasteiger partial charge in [-0.25, -0.2) is 0 Å². The number of ether oxygens (including phenoxy) is 1. The number of rotatable bonds is 5. The summed E-state index contributed by atoms with van der Waals surface area (Å²) in [6, 6.07) is 0. The molecule has 1 heterocycles. The van der Waals surface area contributed by atoms with Gasteiger partial charge in [0, 0.05) is 13.2 Å². The molecule has 0 aromatic heterocycles. The van der Waals surface area contributed by atoms with Crippen molar-refractivity contribution in [3.05, 3.63) is 0 Å². The molecule has 1 fully saturated rings. The standard InChI is InChI=1S/C7H14BO3/c1-2-10-8-11-6-7-4-3-5-9-7/h7H,2-6H2,1H3/q-1. The van der Waals surface area contributed by atoms with E-state index in [1.165, 1.54) is 7.69 Å². The highest BCUT2D eigenvalue weighted by Gasteiger charge is 2.12. The Kier molecular flexibility index (Phi) is 4.58. The molecule has 1 saturated heterocycles. The maximum atomic E-state index is 5.33. The van der Waals surface area contributed by atoms with Crippen LogP contribution in [0.15, 0.2) is 0 Å². The first-order valence-corrected chi connectivity index (χ1v) is 4.10. The molecule has 0 aromatic rings. The van der Waals surface area contributed by atoms with Gasteiger partial charge in [-0.05, 0) is 34.1 Å². The third-order valence-corrected chi connectivity index (χ3v) is 1.61. The van der Waals surface area contributed by atoms with Crippen molar-refractivity contribution in [3.63, 3.8) is 0 Å². The largest absolute Gasteiger partial charge is 0.626 e. The van der Waals surface area contributed by atoms with Crippen LogP contribution in [-0.2, 0) is 14.0 Å². The molecule has 1 rings (SSSR count). The molecule has 1 unspecified atom stereocenters. The topological polar surface area (TPSA) is 27.7 Å². The van der Waals surface area contributed by atoms with Crippen LogP contribution in [-0.4, -0.2) is 33.6 Å². The molecule has 0 amide bonds. The average molecular weight is 157 g/mol. The summed E-state index contributed by atoms with van der Waals surface area (Å²) < 4.78 is 15.3. The predicted molar refractivity (Wildman–Crippen MR) is 42.3 cm³/mol. The summed E-state index contributed by atoms with van der Waals surface area (Å²) in [5.74, 6) is 0. The van der Waals surface area contributed by atoms with Gasteiger partial charge in [0.25, 0.3) is 0 Å². The van der Waals surface area contributed by atoms with Gasteiger partial charge in [0.1, 0.15) is 0 Å². The van der Waals surface area contributed by atoms with E-state index >= 15 is 0 Å². The van der Waals surface area contributed by atoms with E-state index in [1.54, 1.807) is 0 Å². The molecule has 11 heavy (non-hydrogen) atoms. The molecule has 0 N–H and O–H groups in total. The molecule has 0 aliphatic carbocycles. The molecule has 0 bridgehead atoms. The normalized spacial score (nSPS) is 24.3. The lowest BCUT2D eigenvalue weighted by Crippen LogP contribution is -2.17. The van der Waals surface area contributed by atoms with E-state index in [9.17, 15) is 0 Å². The molecule has 1 aliphatic rings. The quantitative estimate of drug-likeness (QED) is 0.435. The first kappa shape index (κ1) is 9.04. The molecule has 0 saturated carbocycles.